The molecule has 40 heavy (non-hydrogen) atoms. The van der Waals surface area contributed by atoms with E-state index in [0.29, 0.717) is 5.56 Å². The van der Waals surface area contributed by atoms with E-state index >= 15 is 0 Å². The van der Waals surface area contributed by atoms with E-state index in [-0.39, 0.29) is 28.8 Å². The van der Waals surface area contributed by atoms with Crippen LogP contribution in [0.25, 0.3) is 0 Å². The molecule has 2 N–H and O–H groups in total. The Balaban J connectivity index is 1.57. The Morgan fingerprint density at radius 1 is 1.00 bits per heavy atom. The zero-order valence-corrected chi connectivity index (χ0v) is 26.7. The van der Waals surface area contributed by atoms with Gasteiger partial charge in [-0.1, -0.05) is 73.6 Å². The lowest BCUT2D eigenvalue weighted by Crippen LogP contribution is -2.66. The predicted octanol–water partition coefficient (Wildman–Crippen LogP) is 4.75. The second-order valence-electron chi connectivity index (χ2n) is 12.0. The molecule has 4 rings (SSSR count). The van der Waals surface area contributed by atoms with Gasteiger partial charge in [-0.15, -0.1) is 0 Å². The number of hydrogen-bond acceptors (Lipinski definition) is 8. The average Bonchev–Trinajstić information content (AvgIpc) is 3.18. The zero-order valence-electron chi connectivity index (χ0n) is 24.7. The molecule has 0 saturated carbocycles. The molecular formula is C28H44N2O8Si2. The van der Waals surface area contributed by atoms with Gasteiger partial charge in [0.2, 0.25) is 0 Å². The molecule has 0 aliphatic carbocycles. The molecule has 0 bridgehead atoms. The summed E-state index contributed by atoms with van der Waals surface area (Å²) in [5.41, 5.74) is 0.895. The number of fused-ring (bicyclic) bond motifs is 1. The van der Waals surface area contributed by atoms with Gasteiger partial charge in [-0.3, -0.25) is 10.2 Å². The molecule has 3 heterocycles. The predicted molar refractivity (Wildman–Crippen MR) is 154 cm³/mol. The Kier molecular flexibility index (Phi) is 9.30. The van der Waals surface area contributed by atoms with Gasteiger partial charge in [-0.05, 0) is 40.4 Å². The second-order valence-corrected chi connectivity index (χ2v) is 20.8. The van der Waals surface area contributed by atoms with E-state index in [9.17, 15) is 14.7 Å². The quantitative estimate of drug-likeness (QED) is 0.344. The molecule has 1 aromatic carbocycles. The van der Waals surface area contributed by atoms with Crippen molar-refractivity contribution >= 4 is 29.1 Å². The van der Waals surface area contributed by atoms with Crippen LogP contribution in [0.3, 0.4) is 0 Å². The highest BCUT2D eigenvalue weighted by Gasteiger charge is 2.62. The van der Waals surface area contributed by atoms with E-state index in [1.54, 1.807) is 30.3 Å². The summed E-state index contributed by atoms with van der Waals surface area (Å²) in [6.45, 7) is 17.2. The lowest BCUT2D eigenvalue weighted by atomic mass is 10.1. The maximum atomic E-state index is 13.1. The van der Waals surface area contributed by atoms with Crippen molar-refractivity contribution in [2.75, 3.05) is 6.61 Å². The Labute approximate surface area is 239 Å². The van der Waals surface area contributed by atoms with Crippen molar-refractivity contribution < 1.29 is 37.1 Å². The number of carbonyl (C=O) groups is 2. The fraction of sp³-hybridized carbons (Fsp3) is 0.643. The number of ether oxygens (including phenoxy) is 2. The number of carbonyl (C=O) groups excluding carboxylic acids is 2. The number of rotatable bonds is 7. The molecule has 1 unspecified atom stereocenters. The molecule has 222 valence electrons. The first-order valence-corrected chi connectivity index (χ1v) is 18.1. The fourth-order valence-corrected chi connectivity index (χ4v) is 17.1. The van der Waals surface area contributed by atoms with Crippen LogP contribution in [0.1, 0.15) is 65.7 Å². The first-order valence-electron chi connectivity index (χ1n) is 14.2. The topological polar surface area (TPSA) is 116 Å². The number of amides is 2. The molecule has 12 heteroatoms. The van der Waals surface area contributed by atoms with E-state index in [0.717, 1.165) is 0 Å². The lowest BCUT2D eigenvalue weighted by Gasteiger charge is -2.51. The molecule has 3 aliphatic rings. The maximum absolute atomic E-state index is 13.1. The van der Waals surface area contributed by atoms with Crippen LogP contribution in [0, 0.1) is 0 Å². The lowest BCUT2D eigenvalue weighted by molar-refractivity contribution is -0.0709. The van der Waals surface area contributed by atoms with Gasteiger partial charge < -0.3 is 27.5 Å². The number of aliphatic hydroxyl groups is 1. The smallest absolute Gasteiger partial charge is 0.340 e. The van der Waals surface area contributed by atoms with Crippen molar-refractivity contribution in [3.05, 3.63) is 48.2 Å². The summed E-state index contributed by atoms with van der Waals surface area (Å²) in [4.78, 5) is 26.8. The van der Waals surface area contributed by atoms with E-state index in [2.05, 4.69) is 60.7 Å². The monoisotopic (exact) mass is 592 g/mol. The second kappa shape index (κ2) is 12.0. The normalized spacial score (nSPS) is 29.9. The van der Waals surface area contributed by atoms with Gasteiger partial charge in [0.1, 0.15) is 18.3 Å². The zero-order chi connectivity index (χ0) is 29.4. The number of benzene rings is 1. The van der Waals surface area contributed by atoms with Crippen LogP contribution in [-0.2, 0) is 22.4 Å². The summed E-state index contributed by atoms with van der Waals surface area (Å²) in [7, 11) is -5.74. The summed E-state index contributed by atoms with van der Waals surface area (Å²) in [5.74, 6) is -0.558. The molecular weight excluding hydrogens is 548 g/mol. The first kappa shape index (κ1) is 30.9. The standard InChI is InChI=1S/C28H44N2O8Si2/c1-17(2)39(18(3)4)34-16-22-25(37-40(38-39,19(5)6)20(7)8)24(31)26(35-22)30-15-14-23(29-28(30)33)36-27(32)21-12-10-9-11-13-21/h9-15,17-20,22-26,31H,16H2,1-8H3,(H,29,33)/t22-,23?,24-,25-,26-/m1/s1. The van der Waals surface area contributed by atoms with Gasteiger partial charge in [-0.2, -0.15) is 0 Å². The fourth-order valence-electron chi connectivity index (χ4n) is 5.88. The number of nitrogens with one attached hydrogen (secondary N) is 1. The Bertz CT molecular complexity index is 1070. The molecule has 5 atom stereocenters. The highest BCUT2D eigenvalue weighted by molar-refractivity contribution is 6.84. The van der Waals surface area contributed by atoms with Crippen LogP contribution in [-0.4, -0.2) is 76.5 Å². The average molecular weight is 593 g/mol. The van der Waals surface area contributed by atoms with Crippen LogP contribution in [0.2, 0.25) is 22.2 Å². The minimum atomic E-state index is -2.96. The third-order valence-corrected chi connectivity index (χ3v) is 18.3. The van der Waals surface area contributed by atoms with Crippen LogP contribution < -0.4 is 5.32 Å². The number of urea groups is 1. The Morgan fingerprint density at radius 2 is 1.60 bits per heavy atom. The minimum absolute atomic E-state index is 0.0868. The van der Waals surface area contributed by atoms with Crippen LogP contribution in [0.15, 0.2) is 42.6 Å². The molecule has 1 aromatic rings. The minimum Gasteiger partial charge on any atom is -0.434 e. The van der Waals surface area contributed by atoms with E-state index < -0.39 is 59.9 Å². The maximum Gasteiger partial charge on any atom is 0.340 e. The summed E-state index contributed by atoms with van der Waals surface area (Å²) < 4.78 is 32.5. The molecule has 2 saturated heterocycles. The Hall–Kier alpha value is -2.07. The van der Waals surface area contributed by atoms with Gasteiger partial charge in [0.05, 0.1) is 12.2 Å². The van der Waals surface area contributed by atoms with Gasteiger partial charge in [0, 0.05) is 6.20 Å². The molecule has 0 radical (unpaired) electrons. The molecule has 3 aliphatic heterocycles. The summed E-state index contributed by atoms with van der Waals surface area (Å²) in [5, 5.41) is 14.2. The SMILES string of the molecule is CC(C)[Si]1(C(C)C)OC[C@H]2O[C@@H](N3C=CC(OC(=O)c4ccccc4)NC3=O)[C@H](O)[C@@H]2O[Si](C(C)C)(C(C)C)O1. The first-order chi connectivity index (χ1) is 18.8. The highest BCUT2D eigenvalue weighted by Crippen LogP contribution is 2.47. The number of hydrogen-bond donors (Lipinski definition) is 2. The van der Waals surface area contributed by atoms with Crippen LogP contribution >= 0.6 is 0 Å². The summed E-state index contributed by atoms with van der Waals surface area (Å²) in [6, 6.07) is 7.98. The molecule has 2 amide bonds. The van der Waals surface area contributed by atoms with Gasteiger partial charge >= 0.3 is 29.1 Å². The molecule has 2 fully saturated rings. The van der Waals surface area contributed by atoms with E-state index in [1.807, 2.05) is 0 Å². The van der Waals surface area contributed by atoms with Gasteiger partial charge in [0.15, 0.2) is 12.5 Å². The van der Waals surface area contributed by atoms with Crippen molar-refractivity contribution in [1.29, 1.82) is 0 Å². The van der Waals surface area contributed by atoms with Gasteiger partial charge in [0.25, 0.3) is 0 Å². The number of nitrogens with zero attached hydrogens (tertiary/aromatic N) is 1. The molecule has 0 spiro atoms. The Morgan fingerprint density at radius 3 is 2.15 bits per heavy atom. The van der Waals surface area contributed by atoms with E-state index in [1.165, 1.54) is 17.2 Å². The summed E-state index contributed by atoms with van der Waals surface area (Å²) >= 11 is 0. The molecule has 10 nitrogen and oxygen atoms in total. The number of esters is 1. The van der Waals surface area contributed by atoms with Crippen molar-refractivity contribution in [2.45, 2.75) is 108 Å². The van der Waals surface area contributed by atoms with Crippen molar-refractivity contribution in [1.82, 2.24) is 10.2 Å². The third kappa shape index (κ3) is 5.67. The van der Waals surface area contributed by atoms with Crippen molar-refractivity contribution in [3.63, 3.8) is 0 Å². The van der Waals surface area contributed by atoms with Crippen molar-refractivity contribution in [2.24, 2.45) is 0 Å². The third-order valence-electron chi connectivity index (χ3n) is 8.08. The largest absolute Gasteiger partial charge is 0.434 e. The van der Waals surface area contributed by atoms with E-state index in [4.69, 9.17) is 22.4 Å². The highest BCUT2D eigenvalue weighted by atomic mass is 28.5. The molecule has 0 aromatic heterocycles. The van der Waals surface area contributed by atoms with Crippen molar-refractivity contribution in [3.8, 4) is 0 Å². The van der Waals surface area contributed by atoms with Gasteiger partial charge in [-0.25, -0.2) is 9.59 Å². The van der Waals surface area contributed by atoms with Crippen LogP contribution in [0.4, 0.5) is 4.79 Å². The van der Waals surface area contributed by atoms with Crippen LogP contribution in [0.5, 0.6) is 0 Å². The summed E-state index contributed by atoms with van der Waals surface area (Å²) in [6.07, 6.45) is -1.43. The number of aliphatic hydroxyl groups excluding tert-OH is 1.